The van der Waals surface area contributed by atoms with E-state index in [2.05, 4.69) is 184 Å². The summed E-state index contributed by atoms with van der Waals surface area (Å²) in [4.78, 5) is 0. The van der Waals surface area contributed by atoms with E-state index in [1.807, 2.05) is 17.4 Å². The van der Waals surface area contributed by atoms with Gasteiger partial charge in [0.15, 0.2) is 0 Å². The van der Waals surface area contributed by atoms with Gasteiger partial charge in [0.05, 0.1) is 0 Å². The molecule has 0 saturated carbocycles. The van der Waals surface area contributed by atoms with Crippen LogP contribution in [0, 0.1) is 0 Å². The fraction of sp³-hybridized carbons (Fsp3) is 0.0909. The number of rotatable bonds is 5. The highest BCUT2D eigenvalue weighted by Crippen LogP contribution is 2.55. The summed E-state index contributed by atoms with van der Waals surface area (Å²) < 4.78 is 2.68. The molecule has 1 heterocycles. The highest BCUT2D eigenvalue weighted by Gasteiger charge is 2.39. The van der Waals surface area contributed by atoms with Crippen LogP contribution in [-0.4, -0.2) is 0 Å². The minimum Gasteiger partial charge on any atom is -0.135 e. The van der Waals surface area contributed by atoms with Gasteiger partial charge in [-0.1, -0.05) is 173 Å². The minimum atomic E-state index is -0.201. The Kier molecular flexibility index (Phi) is 8.24. The molecule has 1 aromatic heterocycles. The summed E-state index contributed by atoms with van der Waals surface area (Å²) in [5.74, 6) is 0. The topological polar surface area (TPSA) is 0 Å². The zero-order chi connectivity index (χ0) is 38.0. The molecule has 2 aliphatic carbocycles. The molecule has 0 fully saturated rings. The first kappa shape index (κ1) is 34.2. The number of hydrogen-bond donors (Lipinski definition) is 0. The van der Waals surface area contributed by atoms with Crippen LogP contribution < -0.4 is 10.4 Å². The second kappa shape index (κ2) is 13.5. The second-order valence-electron chi connectivity index (χ2n) is 15.6. The number of thiophene rings is 1. The lowest BCUT2D eigenvalue weighted by Gasteiger charge is -2.26. The third-order valence-corrected chi connectivity index (χ3v) is 13.2. The first-order chi connectivity index (χ1) is 27.4. The Bertz CT molecular complexity index is 3190. The van der Waals surface area contributed by atoms with Crippen LogP contribution >= 0.6 is 11.3 Å². The maximum Gasteiger partial charge on any atom is 0.0434 e. The SMILES string of the molecule is C=C/C(=C\C(=C)C1=c2cccc/c2=C(c2cc3c(ccc4c5ccccc5sc34)c3c2C(C)(C)c2ccccc2-3)/C=C/CCC=C1)c1ccc2ccccc2c1. The minimum absolute atomic E-state index is 0.201. The van der Waals surface area contributed by atoms with Crippen molar-refractivity contribution in [2.24, 2.45) is 0 Å². The van der Waals surface area contributed by atoms with Crippen molar-refractivity contribution < 1.29 is 0 Å². The Morgan fingerprint density at radius 1 is 0.643 bits per heavy atom. The molecule has 10 rings (SSSR count). The van der Waals surface area contributed by atoms with Gasteiger partial charge in [-0.15, -0.1) is 11.3 Å². The maximum atomic E-state index is 4.74. The fourth-order valence-corrected chi connectivity index (χ4v) is 10.5. The molecular weight excluding hydrogens is 693 g/mol. The van der Waals surface area contributed by atoms with Crippen LogP contribution in [0.3, 0.4) is 0 Å². The predicted molar refractivity (Wildman–Crippen MR) is 245 cm³/mol. The molecule has 0 unspecified atom stereocenters. The highest BCUT2D eigenvalue weighted by molar-refractivity contribution is 7.26. The Hall–Kier alpha value is -6.28. The standard InChI is InChI=1S/C55H42S/c1-5-36(39-29-28-37-18-10-11-19-38(37)33-39)32-35(2)40-20-8-6-7-9-21-43(42-23-13-12-22-41(40)42)48-34-49-45(30-31-46-44-24-15-17-27-51(44)56-54(46)49)52-47-25-14-16-26-50(47)55(3,4)53(48)52/h5,8-34H,1-2,6-7H2,3-4H3/b20-8?,21-9+,36-32+,41-40?,43-42+. The molecule has 268 valence electrons. The summed E-state index contributed by atoms with van der Waals surface area (Å²) in [7, 11) is 0. The lowest BCUT2D eigenvalue weighted by Crippen LogP contribution is -2.30. The van der Waals surface area contributed by atoms with Gasteiger partial charge in [0.2, 0.25) is 0 Å². The van der Waals surface area contributed by atoms with E-state index in [1.54, 1.807) is 0 Å². The third-order valence-electron chi connectivity index (χ3n) is 12.0. The molecule has 0 amide bonds. The zero-order valence-corrected chi connectivity index (χ0v) is 32.7. The molecule has 1 heteroatoms. The van der Waals surface area contributed by atoms with Gasteiger partial charge in [0.25, 0.3) is 0 Å². The van der Waals surface area contributed by atoms with Gasteiger partial charge in [0, 0.05) is 31.0 Å². The quantitative estimate of drug-likeness (QED) is 0.154. The summed E-state index contributed by atoms with van der Waals surface area (Å²) in [5.41, 5.74) is 12.1. The van der Waals surface area contributed by atoms with Gasteiger partial charge in [-0.25, -0.2) is 0 Å². The average molecular weight is 735 g/mol. The van der Waals surface area contributed by atoms with Gasteiger partial charge >= 0.3 is 0 Å². The Morgan fingerprint density at radius 3 is 2.21 bits per heavy atom. The van der Waals surface area contributed by atoms with Crippen LogP contribution in [0.1, 0.15) is 48.9 Å². The van der Waals surface area contributed by atoms with Gasteiger partial charge in [-0.3, -0.25) is 0 Å². The van der Waals surface area contributed by atoms with Crippen molar-refractivity contribution in [2.45, 2.75) is 32.1 Å². The Morgan fingerprint density at radius 2 is 1.36 bits per heavy atom. The van der Waals surface area contributed by atoms with E-state index < -0.39 is 0 Å². The molecule has 0 spiro atoms. The normalized spacial score (nSPS) is 16.5. The lowest BCUT2D eigenvalue weighted by molar-refractivity contribution is 0.659. The monoisotopic (exact) mass is 734 g/mol. The van der Waals surface area contributed by atoms with Crippen molar-refractivity contribution in [1.82, 2.24) is 0 Å². The summed E-state index contributed by atoms with van der Waals surface area (Å²) in [6.07, 6.45) is 15.4. The Balaban J connectivity index is 1.29. The van der Waals surface area contributed by atoms with Crippen LogP contribution in [0.4, 0.5) is 0 Å². The number of benzene rings is 7. The first-order valence-corrected chi connectivity index (χ1v) is 20.4. The van der Waals surface area contributed by atoms with E-state index in [9.17, 15) is 0 Å². The van der Waals surface area contributed by atoms with Gasteiger partial charge in [0.1, 0.15) is 0 Å². The van der Waals surface area contributed by atoms with E-state index in [-0.39, 0.29) is 5.41 Å². The molecule has 0 bridgehead atoms. The molecule has 56 heavy (non-hydrogen) atoms. The van der Waals surface area contributed by atoms with Crippen molar-refractivity contribution in [2.75, 3.05) is 0 Å². The molecule has 8 aromatic rings. The van der Waals surface area contributed by atoms with Gasteiger partial charge < -0.3 is 0 Å². The van der Waals surface area contributed by atoms with Gasteiger partial charge in [-0.2, -0.15) is 0 Å². The summed E-state index contributed by atoms with van der Waals surface area (Å²) in [6.45, 7) is 13.8. The summed E-state index contributed by atoms with van der Waals surface area (Å²) in [5, 5.41) is 10.1. The van der Waals surface area contributed by atoms with Crippen LogP contribution in [-0.2, 0) is 5.41 Å². The van der Waals surface area contributed by atoms with Crippen LogP contribution in [0.25, 0.3) is 69.6 Å². The molecule has 0 atom stereocenters. The molecule has 2 aliphatic rings. The van der Waals surface area contributed by atoms with E-state index in [1.165, 1.54) is 85.5 Å². The number of fused-ring (bicyclic) bond motifs is 11. The van der Waals surface area contributed by atoms with Crippen LogP contribution in [0.15, 0.2) is 189 Å². The summed E-state index contributed by atoms with van der Waals surface area (Å²) >= 11 is 1.92. The Labute approximate surface area is 332 Å². The fourth-order valence-electron chi connectivity index (χ4n) is 9.32. The second-order valence-corrected chi connectivity index (χ2v) is 16.7. The summed E-state index contributed by atoms with van der Waals surface area (Å²) in [6, 6.07) is 49.3. The van der Waals surface area contributed by atoms with Gasteiger partial charge in [-0.05, 0) is 119 Å². The van der Waals surface area contributed by atoms with Crippen molar-refractivity contribution >= 4 is 69.8 Å². The highest BCUT2D eigenvalue weighted by atomic mass is 32.1. The predicted octanol–water partition coefficient (Wildman–Crippen LogP) is 13.7. The maximum absolute atomic E-state index is 4.74. The molecule has 0 saturated heterocycles. The van der Waals surface area contributed by atoms with Crippen LogP contribution in [0.2, 0.25) is 0 Å². The lowest BCUT2D eigenvalue weighted by atomic mass is 9.77. The van der Waals surface area contributed by atoms with Crippen molar-refractivity contribution in [3.8, 4) is 11.1 Å². The third kappa shape index (κ3) is 5.41. The largest absolute Gasteiger partial charge is 0.135 e. The van der Waals surface area contributed by atoms with Crippen molar-refractivity contribution in [3.05, 3.63) is 221 Å². The van der Waals surface area contributed by atoms with Crippen LogP contribution in [0.5, 0.6) is 0 Å². The molecule has 7 aromatic carbocycles. The smallest absolute Gasteiger partial charge is 0.0434 e. The molecule has 0 N–H and O–H groups in total. The molecule has 0 aliphatic heterocycles. The molecule has 0 radical (unpaired) electrons. The van der Waals surface area contributed by atoms with E-state index in [4.69, 9.17) is 6.58 Å². The molecular formula is C55H42S. The zero-order valence-electron chi connectivity index (χ0n) is 31.9. The molecule has 0 nitrogen and oxygen atoms in total. The number of allylic oxidation sites excluding steroid dienone is 8. The first-order valence-electron chi connectivity index (χ1n) is 19.6. The average Bonchev–Trinajstić information content (AvgIpc) is 3.73. The number of hydrogen-bond acceptors (Lipinski definition) is 1. The van der Waals surface area contributed by atoms with Crippen molar-refractivity contribution in [3.63, 3.8) is 0 Å². The van der Waals surface area contributed by atoms with Crippen molar-refractivity contribution in [1.29, 1.82) is 0 Å². The van der Waals surface area contributed by atoms with E-state index in [0.717, 1.165) is 35.1 Å². The van der Waals surface area contributed by atoms with E-state index >= 15 is 0 Å². The van der Waals surface area contributed by atoms with E-state index in [0.29, 0.717) is 0 Å².